The number of rotatable bonds is 5. The molecule has 2 saturated heterocycles. The highest BCUT2D eigenvalue weighted by atomic mass is 16.6. The predicted octanol–water partition coefficient (Wildman–Crippen LogP) is 2.42. The first-order chi connectivity index (χ1) is 11.6. The Labute approximate surface area is 143 Å². The molecule has 1 aromatic rings. The molecule has 5 nitrogen and oxygen atoms in total. The van der Waals surface area contributed by atoms with Gasteiger partial charge in [0.25, 0.3) is 0 Å². The van der Waals surface area contributed by atoms with E-state index in [4.69, 9.17) is 14.2 Å². The molecule has 0 aromatic heterocycles. The number of carbonyl (C=O) groups is 1. The second kappa shape index (κ2) is 7.53. The van der Waals surface area contributed by atoms with Gasteiger partial charge in [-0.2, -0.15) is 0 Å². The lowest BCUT2D eigenvalue weighted by molar-refractivity contribution is -0.135. The zero-order valence-corrected chi connectivity index (χ0v) is 14.6. The summed E-state index contributed by atoms with van der Waals surface area (Å²) in [5.41, 5.74) is 0.950. The lowest BCUT2D eigenvalue weighted by Gasteiger charge is -2.38. The molecule has 1 aromatic carbocycles. The zero-order valence-electron chi connectivity index (χ0n) is 14.6. The van der Waals surface area contributed by atoms with Crippen LogP contribution in [0.25, 0.3) is 0 Å². The molecule has 0 bridgehead atoms. The second-order valence-electron chi connectivity index (χ2n) is 6.68. The quantitative estimate of drug-likeness (QED) is 0.830. The molecule has 0 saturated carbocycles. The second-order valence-corrected chi connectivity index (χ2v) is 6.68. The predicted molar refractivity (Wildman–Crippen MR) is 91.2 cm³/mol. The molecule has 1 atom stereocenters. The first-order valence-electron chi connectivity index (χ1n) is 8.80. The third-order valence-corrected chi connectivity index (χ3v) is 5.12. The number of amides is 1. The van der Waals surface area contributed by atoms with Crippen molar-refractivity contribution in [3.63, 3.8) is 0 Å². The van der Waals surface area contributed by atoms with Crippen LogP contribution < -0.4 is 4.74 Å². The molecule has 132 valence electrons. The molecule has 2 fully saturated rings. The van der Waals surface area contributed by atoms with Crippen LogP contribution >= 0.6 is 0 Å². The smallest absolute Gasteiger partial charge is 0.226 e. The number of piperidine rings is 1. The average molecular weight is 333 g/mol. The maximum atomic E-state index is 12.5. The number of methoxy groups -OCH3 is 1. The summed E-state index contributed by atoms with van der Waals surface area (Å²) < 4.78 is 16.9. The molecule has 24 heavy (non-hydrogen) atoms. The fraction of sp³-hybridized carbons (Fsp3) is 0.632. The third kappa shape index (κ3) is 3.90. The van der Waals surface area contributed by atoms with Crippen LogP contribution in [-0.4, -0.2) is 55.9 Å². The summed E-state index contributed by atoms with van der Waals surface area (Å²) in [7, 11) is 1.64. The molecular formula is C19H27NO4. The van der Waals surface area contributed by atoms with Gasteiger partial charge in [0.15, 0.2) is 0 Å². The molecule has 0 radical (unpaired) electrons. The van der Waals surface area contributed by atoms with Gasteiger partial charge >= 0.3 is 0 Å². The Bertz CT molecular complexity index is 549. The Kier molecular flexibility index (Phi) is 5.41. The van der Waals surface area contributed by atoms with E-state index in [2.05, 4.69) is 0 Å². The molecule has 0 aliphatic carbocycles. The SMILES string of the molecule is CCOC1COC2(CCN(C(=O)Cc3ccc(OC)cc3)CC2)C1. The van der Waals surface area contributed by atoms with E-state index in [9.17, 15) is 4.79 Å². The highest BCUT2D eigenvalue weighted by Gasteiger charge is 2.43. The topological polar surface area (TPSA) is 48.0 Å². The van der Waals surface area contributed by atoms with E-state index in [1.165, 1.54) is 0 Å². The summed E-state index contributed by atoms with van der Waals surface area (Å²) in [5, 5.41) is 0. The molecule has 3 rings (SSSR count). The van der Waals surface area contributed by atoms with Crippen molar-refractivity contribution in [1.29, 1.82) is 0 Å². The van der Waals surface area contributed by atoms with E-state index in [-0.39, 0.29) is 17.6 Å². The van der Waals surface area contributed by atoms with Crippen LogP contribution in [0.4, 0.5) is 0 Å². The number of nitrogens with zero attached hydrogens (tertiary/aromatic N) is 1. The standard InChI is InChI=1S/C19H27NO4/c1-3-23-17-13-19(24-14-17)8-10-20(11-9-19)18(21)12-15-4-6-16(22-2)7-5-15/h4-7,17H,3,8-14H2,1-2H3. The molecule has 2 aliphatic rings. The molecule has 2 aliphatic heterocycles. The Hall–Kier alpha value is -1.59. The minimum absolute atomic E-state index is 0.0727. The van der Waals surface area contributed by atoms with Gasteiger partial charge in [-0.05, 0) is 37.5 Å². The number of ether oxygens (including phenoxy) is 3. The summed E-state index contributed by atoms with van der Waals surface area (Å²) in [5.74, 6) is 1.00. The van der Waals surface area contributed by atoms with E-state index >= 15 is 0 Å². The van der Waals surface area contributed by atoms with Crippen molar-refractivity contribution in [3.05, 3.63) is 29.8 Å². The van der Waals surface area contributed by atoms with Crippen LogP contribution in [0.2, 0.25) is 0 Å². The van der Waals surface area contributed by atoms with Crippen molar-refractivity contribution in [1.82, 2.24) is 4.90 Å². The van der Waals surface area contributed by atoms with Crippen LogP contribution in [0, 0.1) is 0 Å². The Morgan fingerprint density at radius 1 is 1.29 bits per heavy atom. The number of hydrogen-bond acceptors (Lipinski definition) is 4. The van der Waals surface area contributed by atoms with Crippen molar-refractivity contribution in [2.45, 2.75) is 44.3 Å². The summed E-state index contributed by atoms with van der Waals surface area (Å²) in [6, 6.07) is 7.70. The molecule has 1 amide bonds. The van der Waals surface area contributed by atoms with Crippen LogP contribution in [-0.2, 0) is 20.7 Å². The van der Waals surface area contributed by atoms with Gasteiger partial charge in [0.2, 0.25) is 5.91 Å². The molecule has 1 unspecified atom stereocenters. The summed E-state index contributed by atoms with van der Waals surface area (Å²) in [6.45, 7) is 4.98. The van der Waals surface area contributed by atoms with E-state index in [1.807, 2.05) is 36.1 Å². The molecule has 0 N–H and O–H groups in total. The first-order valence-corrected chi connectivity index (χ1v) is 8.80. The maximum Gasteiger partial charge on any atom is 0.226 e. The minimum atomic E-state index is -0.0727. The van der Waals surface area contributed by atoms with Gasteiger partial charge in [0.05, 0.1) is 31.8 Å². The van der Waals surface area contributed by atoms with Crippen molar-refractivity contribution >= 4 is 5.91 Å². The maximum absolute atomic E-state index is 12.5. The summed E-state index contributed by atoms with van der Waals surface area (Å²) in [4.78, 5) is 14.5. The number of benzene rings is 1. The minimum Gasteiger partial charge on any atom is -0.497 e. The normalized spacial score (nSPS) is 22.8. The lowest BCUT2D eigenvalue weighted by atomic mass is 9.87. The van der Waals surface area contributed by atoms with Gasteiger partial charge in [-0.3, -0.25) is 4.79 Å². The largest absolute Gasteiger partial charge is 0.497 e. The highest BCUT2D eigenvalue weighted by Crippen LogP contribution is 2.37. The van der Waals surface area contributed by atoms with Crippen molar-refractivity contribution in [2.75, 3.05) is 33.4 Å². The number of hydrogen-bond donors (Lipinski definition) is 0. The molecule has 5 heteroatoms. The van der Waals surface area contributed by atoms with Crippen LogP contribution in [0.5, 0.6) is 5.75 Å². The summed E-state index contributed by atoms with van der Waals surface area (Å²) >= 11 is 0. The molecule has 1 spiro atoms. The zero-order chi connectivity index (χ0) is 17.0. The Morgan fingerprint density at radius 3 is 2.62 bits per heavy atom. The monoisotopic (exact) mass is 333 g/mol. The number of carbonyl (C=O) groups excluding carboxylic acids is 1. The number of likely N-dealkylation sites (tertiary alicyclic amines) is 1. The van der Waals surface area contributed by atoms with E-state index in [1.54, 1.807) is 7.11 Å². The van der Waals surface area contributed by atoms with Crippen LogP contribution in [0.1, 0.15) is 31.7 Å². The van der Waals surface area contributed by atoms with Crippen molar-refractivity contribution in [3.8, 4) is 5.75 Å². The van der Waals surface area contributed by atoms with Gasteiger partial charge in [0, 0.05) is 26.1 Å². The average Bonchev–Trinajstić information content (AvgIpc) is 2.99. The van der Waals surface area contributed by atoms with Gasteiger partial charge in [0.1, 0.15) is 5.75 Å². The fourth-order valence-corrected chi connectivity index (χ4v) is 3.69. The summed E-state index contributed by atoms with van der Waals surface area (Å²) in [6.07, 6.45) is 3.44. The van der Waals surface area contributed by atoms with Gasteiger partial charge in [-0.1, -0.05) is 12.1 Å². The van der Waals surface area contributed by atoms with Crippen molar-refractivity contribution < 1.29 is 19.0 Å². The van der Waals surface area contributed by atoms with Gasteiger partial charge in [-0.15, -0.1) is 0 Å². The third-order valence-electron chi connectivity index (χ3n) is 5.12. The van der Waals surface area contributed by atoms with E-state index in [0.29, 0.717) is 13.0 Å². The van der Waals surface area contributed by atoms with Gasteiger partial charge < -0.3 is 19.1 Å². The Balaban J connectivity index is 1.50. The van der Waals surface area contributed by atoms with E-state index in [0.717, 1.165) is 50.3 Å². The fourth-order valence-electron chi connectivity index (χ4n) is 3.69. The first kappa shape index (κ1) is 17.2. The molecular weight excluding hydrogens is 306 g/mol. The van der Waals surface area contributed by atoms with E-state index < -0.39 is 0 Å². The highest BCUT2D eigenvalue weighted by molar-refractivity contribution is 5.79. The van der Waals surface area contributed by atoms with Crippen LogP contribution in [0.3, 0.4) is 0 Å². The molecule has 2 heterocycles. The van der Waals surface area contributed by atoms with Crippen LogP contribution in [0.15, 0.2) is 24.3 Å². The van der Waals surface area contributed by atoms with Crippen molar-refractivity contribution in [2.24, 2.45) is 0 Å². The Morgan fingerprint density at radius 2 is 2.00 bits per heavy atom. The van der Waals surface area contributed by atoms with Gasteiger partial charge in [-0.25, -0.2) is 0 Å². The lowest BCUT2D eigenvalue weighted by Crippen LogP contribution is -2.47.